The van der Waals surface area contributed by atoms with Crippen molar-refractivity contribution in [1.29, 1.82) is 0 Å². The summed E-state index contributed by atoms with van der Waals surface area (Å²) in [5.41, 5.74) is 0.374. The fourth-order valence-electron chi connectivity index (χ4n) is 1.73. The zero-order valence-corrected chi connectivity index (χ0v) is 13.0. The van der Waals surface area contributed by atoms with Crippen LogP contribution in [-0.4, -0.2) is 25.9 Å². The number of nitrogens with zero attached hydrogens (tertiary/aromatic N) is 4. The highest BCUT2D eigenvalue weighted by atomic mass is 16.4. The van der Waals surface area contributed by atoms with Crippen LogP contribution in [0.5, 0.6) is 0 Å². The summed E-state index contributed by atoms with van der Waals surface area (Å²) in [6, 6.07) is 1.55. The van der Waals surface area contributed by atoms with Gasteiger partial charge in [-0.15, -0.1) is 10.2 Å². The van der Waals surface area contributed by atoms with E-state index < -0.39 is 0 Å². The van der Waals surface area contributed by atoms with Gasteiger partial charge in [0.1, 0.15) is 11.7 Å². The van der Waals surface area contributed by atoms with Crippen LogP contribution in [0.4, 0.5) is 0 Å². The number of hydrogen-bond donors (Lipinski definition) is 1. The largest absolute Gasteiger partial charge is 0.423 e. The second-order valence-electron chi connectivity index (χ2n) is 5.60. The molecule has 0 unspecified atom stereocenters. The van der Waals surface area contributed by atoms with Gasteiger partial charge in [-0.1, -0.05) is 13.8 Å². The minimum Gasteiger partial charge on any atom is -0.423 e. The van der Waals surface area contributed by atoms with E-state index in [2.05, 4.69) is 20.6 Å². The Morgan fingerprint density at radius 3 is 2.38 bits per heavy atom. The Labute approximate surface area is 123 Å². The molecular formula is C14H21N5O2. The van der Waals surface area contributed by atoms with Crippen molar-refractivity contribution in [1.82, 2.24) is 25.3 Å². The number of carbonyl (C=O) groups is 1. The third-order valence-electron chi connectivity index (χ3n) is 3.04. The van der Waals surface area contributed by atoms with Crippen LogP contribution in [0, 0.1) is 0 Å². The summed E-state index contributed by atoms with van der Waals surface area (Å²) in [6.07, 6.45) is 1.79. The minimum atomic E-state index is -0.360. The topological polar surface area (TPSA) is 85.8 Å². The van der Waals surface area contributed by atoms with Crippen LogP contribution in [0.1, 0.15) is 74.9 Å². The average molecular weight is 291 g/mol. The summed E-state index contributed by atoms with van der Waals surface area (Å²) in [5, 5.41) is 15.0. The Bertz CT molecular complexity index is 614. The Balaban J connectivity index is 2.03. The van der Waals surface area contributed by atoms with Gasteiger partial charge < -0.3 is 9.73 Å². The van der Waals surface area contributed by atoms with Gasteiger partial charge in [0, 0.05) is 18.2 Å². The first kappa shape index (κ1) is 15.2. The Hall–Kier alpha value is -2.18. The van der Waals surface area contributed by atoms with Gasteiger partial charge in [0.05, 0.1) is 0 Å². The van der Waals surface area contributed by atoms with Gasteiger partial charge >= 0.3 is 0 Å². The molecule has 0 aromatic carbocycles. The van der Waals surface area contributed by atoms with Gasteiger partial charge in [-0.05, 0) is 26.8 Å². The number of nitrogens with one attached hydrogen (secondary N) is 1. The van der Waals surface area contributed by atoms with E-state index in [1.807, 2.05) is 27.7 Å². The highest BCUT2D eigenvalue weighted by molar-refractivity contribution is 5.92. The Morgan fingerprint density at radius 2 is 1.86 bits per heavy atom. The first-order valence-electron chi connectivity index (χ1n) is 7.07. The van der Waals surface area contributed by atoms with Crippen molar-refractivity contribution in [3.05, 3.63) is 29.7 Å². The molecule has 0 fully saturated rings. The molecule has 7 nitrogen and oxygen atoms in total. The highest BCUT2D eigenvalue weighted by Gasteiger charge is 2.19. The fraction of sp³-hybridized carbons (Fsp3) is 0.571. The van der Waals surface area contributed by atoms with E-state index >= 15 is 0 Å². The van der Waals surface area contributed by atoms with Crippen LogP contribution in [-0.2, 0) is 0 Å². The minimum absolute atomic E-state index is 0.163. The lowest BCUT2D eigenvalue weighted by molar-refractivity contribution is 0.0927. The van der Waals surface area contributed by atoms with E-state index in [1.165, 1.54) is 0 Å². The third kappa shape index (κ3) is 3.48. The van der Waals surface area contributed by atoms with Crippen LogP contribution < -0.4 is 5.32 Å². The maximum absolute atomic E-state index is 12.1. The molecule has 0 aliphatic heterocycles. The molecule has 0 spiro atoms. The first-order valence-corrected chi connectivity index (χ1v) is 7.07. The lowest BCUT2D eigenvalue weighted by Crippen LogP contribution is -2.27. The van der Waals surface area contributed by atoms with Crippen molar-refractivity contribution in [2.24, 2.45) is 0 Å². The van der Waals surface area contributed by atoms with E-state index in [4.69, 9.17) is 4.42 Å². The van der Waals surface area contributed by atoms with Crippen molar-refractivity contribution in [2.45, 2.75) is 52.6 Å². The summed E-state index contributed by atoms with van der Waals surface area (Å²) in [7, 11) is 0. The number of amides is 1. The Kier molecular flexibility index (Phi) is 4.40. The zero-order chi connectivity index (χ0) is 15.6. The highest BCUT2D eigenvalue weighted by Crippen LogP contribution is 2.17. The standard InChI is InChI=1S/C14H21N5O2/c1-8(2)13-16-17-14(21-13)10(5)15-12(20)11-6-7-19(18-11)9(3)4/h6-10H,1-5H3,(H,15,20)/t10-/m0/s1. The van der Waals surface area contributed by atoms with Gasteiger partial charge in [0.2, 0.25) is 11.8 Å². The number of carbonyl (C=O) groups excluding carboxylic acids is 1. The SMILES string of the molecule is CC(C)c1nnc([C@H](C)NC(=O)c2ccn(C(C)C)n2)o1. The average Bonchev–Trinajstić information content (AvgIpc) is 3.08. The lowest BCUT2D eigenvalue weighted by atomic mass is 10.2. The molecule has 114 valence electrons. The molecule has 0 saturated carbocycles. The van der Waals surface area contributed by atoms with Crippen molar-refractivity contribution in [3.8, 4) is 0 Å². The van der Waals surface area contributed by atoms with Gasteiger partial charge in [0.15, 0.2) is 0 Å². The second kappa shape index (κ2) is 6.07. The van der Waals surface area contributed by atoms with Crippen molar-refractivity contribution in [2.75, 3.05) is 0 Å². The molecule has 7 heteroatoms. The number of aromatic nitrogens is 4. The van der Waals surface area contributed by atoms with Crippen molar-refractivity contribution in [3.63, 3.8) is 0 Å². The maximum atomic E-state index is 12.1. The lowest BCUT2D eigenvalue weighted by Gasteiger charge is -2.08. The summed E-state index contributed by atoms with van der Waals surface area (Å²) in [6.45, 7) is 9.75. The number of rotatable bonds is 5. The summed E-state index contributed by atoms with van der Waals surface area (Å²) in [4.78, 5) is 12.1. The normalized spacial score (nSPS) is 12.9. The maximum Gasteiger partial charge on any atom is 0.272 e. The van der Waals surface area contributed by atoms with Gasteiger partial charge in [0.25, 0.3) is 5.91 Å². The third-order valence-corrected chi connectivity index (χ3v) is 3.04. The number of hydrogen-bond acceptors (Lipinski definition) is 5. The zero-order valence-electron chi connectivity index (χ0n) is 13.0. The summed E-state index contributed by atoms with van der Waals surface area (Å²) in [5.74, 6) is 0.868. The quantitative estimate of drug-likeness (QED) is 0.914. The predicted octanol–water partition coefficient (Wildman–Crippen LogP) is 2.46. The Morgan fingerprint density at radius 1 is 1.19 bits per heavy atom. The molecule has 0 saturated heterocycles. The fourth-order valence-corrected chi connectivity index (χ4v) is 1.73. The van der Waals surface area contributed by atoms with E-state index in [1.54, 1.807) is 23.9 Å². The second-order valence-corrected chi connectivity index (χ2v) is 5.60. The molecule has 0 radical (unpaired) electrons. The molecule has 0 bridgehead atoms. The van der Waals surface area contributed by atoms with Gasteiger partial charge in [-0.2, -0.15) is 5.10 Å². The van der Waals surface area contributed by atoms with E-state index in [-0.39, 0.29) is 23.9 Å². The van der Waals surface area contributed by atoms with E-state index in [0.717, 1.165) is 0 Å². The molecular weight excluding hydrogens is 270 g/mol. The van der Waals surface area contributed by atoms with Crippen LogP contribution in [0.3, 0.4) is 0 Å². The summed E-state index contributed by atoms with van der Waals surface area (Å²) < 4.78 is 7.26. The molecule has 2 heterocycles. The van der Waals surface area contributed by atoms with Crippen molar-refractivity contribution >= 4 is 5.91 Å². The molecule has 2 aromatic heterocycles. The molecule has 1 N–H and O–H groups in total. The van der Waals surface area contributed by atoms with E-state index in [9.17, 15) is 4.79 Å². The smallest absolute Gasteiger partial charge is 0.272 e. The molecule has 2 aromatic rings. The van der Waals surface area contributed by atoms with E-state index in [0.29, 0.717) is 17.5 Å². The van der Waals surface area contributed by atoms with Crippen molar-refractivity contribution < 1.29 is 9.21 Å². The molecule has 1 amide bonds. The van der Waals surface area contributed by atoms with Crippen LogP contribution >= 0.6 is 0 Å². The van der Waals surface area contributed by atoms with Crippen LogP contribution in [0.2, 0.25) is 0 Å². The molecule has 0 aliphatic rings. The van der Waals surface area contributed by atoms with Crippen LogP contribution in [0.25, 0.3) is 0 Å². The molecule has 21 heavy (non-hydrogen) atoms. The van der Waals surface area contributed by atoms with Gasteiger partial charge in [-0.3, -0.25) is 9.48 Å². The van der Waals surface area contributed by atoms with Gasteiger partial charge in [-0.25, -0.2) is 0 Å². The molecule has 0 aliphatic carbocycles. The molecule has 1 atom stereocenters. The monoisotopic (exact) mass is 291 g/mol. The van der Waals surface area contributed by atoms with Crippen LogP contribution in [0.15, 0.2) is 16.7 Å². The first-order chi connectivity index (χ1) is 9.88. The predicted molar refractivity (Wildman–Crippen MR) is 76.9 cm³/mol. The molecule has 2 rings (SSSR count). The summed E-state index contributed by atoms with van der Waals surface area (Å²) >= 11 is 0.